The predicted octanol–water partition coefficient (Wildman–Crippen LogP) is 2.92. The zero-order valence-corrected chi connectivity index (χ0v) is 16.7. The second kappa shape index (κ2) is 9.13. The number of ketones is 1. The lowest BCUT2D eigenvalue weighted by Crippen LogP contribution is -2.38. The Labute approximate surface area is 172 Å². The fourth-order valence-corrected chi connectivity index (χ4v) is 2.84. The number of allylic oxidation sites excluding steroid dienone is 1. The van der Waals surface area contributed by atoms with Gasteiger partial charge in [-0.2, -0.15) is 0 Å². The molecule has 0 bridgehead atoms. The number of carbonyl (C=O) groups excluding carboxylic acids is 3. The average molecular weight is 412 g/mol. The molecule has 1 aliphatic rings. The van der Waals surface area contributed by atoms with Crippen molar-refractivity contribution < 1.29 is 38.1 Å². The second-order valence-electron chi connectivity index (χ2n) is 6.24. The zero-order valence-electron chi connectivity index (χ0n) is 16.7. The summed E-state index contributed by atoms with van der Waals surface area (Å²) in [6.07, 6.45) is -1.27. The normalized spacial score (nSPS) is 15.8. The first kappa shape index (κ1) is 20.9. The molecule has 2 aromatic carbocycles. The molecule has 3 rings (SSSR count). The predicted molar refractivity (Wildman–Crippen MR) is 104 cm³/mol. The molecule has 30 heavy (non-hydrogen) atoms. The third-order valence-electron chi connectivity index (χ3n) is 4.39. The summed E-state index contributed by atoms with van der Waals surface area (Å²) in [4.78, 5) is 37.9. The summed E-state index contributed by atoms with van der Waals surface area (Å²) in [5.41, 5.74) is 0.299. The molecule has 0 fully saturated rings. The van der Waals surface area contributed by atoms with Crippen molar-refractivity contribution in [3.8, 4) is 11.5 Å². The number of benzene rings is 2. The Hall–Kier alpha value is -3.81. The molecule has 1 aliphatic heterocycles. The molecule has 8 heteroatoms. The van der Waals surface area contributed by atoms with Crippen LogP contribution in [0.2, 0.25) is 0 Å². The van der Waals surface area contributed by atoms with Crippen molar-refractivity contribution in [2.45, 2.75) is 13.0 Å². The van der Waals surface area contributed by atoms with Gasteiger partial charge in [-0.15, -0.1) is 0 Å². The highest BCUT2D eigenvalue weighted by Crippen LogP contribution is 2.25. The highest BCUT2D eigenvalue weighted by Gasteiger charge is 2.36. The van der Waals surface area contributed by atoms with Crippen LogP contribution < -0.4 is 9.47 Å². The van der Waals surface area contributed by atoms with Crippen LogP contribution in [0.4, 0.5) is 0 Å². The van der Waals surface area contributed by atoms with E-state index in [0.29, 0.717) is 11.5 Å². The molecular weight excluding hydrogens is 392 g/mol. The zero-order chi connectivity index (χ0) is 21.7. The van der Waals surface area contributed by atoms with Crippen LogP contribution in [0, 0.1) is 0 Å². The van der Waals surface area contributed by atoms with Crippen LogP contribution in [0.1, 0.15) is 27.6 Å². The Morgan fingerprint density at radius 2 is 1.43 bits per heavy atom. The number of Topliss-reactive ketones (excluding diaryl/α,β-unsaturated/α-hetero) is 1. The molecule has 8 nitrogen and oxygen atoms in total. The quantitative estimate of drug-likeness (QED) is 0.668. The number of rotatable bonds is 6. The van der Waals surface area contributed by atoms with E-state index in [9.17, 15) is 14.4 Å². The molecule has 0 amide bonds. The van der Waals surface area contributed by atoms with Crippen molar-refractivity contribution in [2.75, 3.05) is 20.8 Å². The van der Waals surface area contributed by atoms with E-state index in [-0.39, 0.29) is 29.3 Å². The summed E-state index contributed by atoms with van der Waals surface area (Å²) in [5.74, 6) is -1.84. The largest absolute Gasteiger partial charge is 0.496 e. The number of hydrogen-bond donors (Lipinski definition) is 0. The van der Waals surface area contributed by atoms with Crippen molar-refractivity contribution in [2.24, 2.45) is 0 Å². The molecule has 156 valence electrons. The first-order chi connectivity index (χ1) is 14.5. The van der Waals surface area contributed by atoms with Crippen LogP contribution in [0.15, 0.2) is 60.0 Å². The van der Waals surface area contributed by atoms with Crippen molar-refractivity contribution in [3.05, 3.63) is 71.2 Å². The molecule has 1 heterocycles. The van der Waals surface area contributed by atoms with Crippen LogP contribution in [0.3, 0.4) is 0 Å². The van der Waals surface area contributed by atoms with E-state index >= 15 is 0 Å². The highest BCUT2D eigenvalue weighted by molar-refractivity contribution is 6.04. The van der Waals surface area contributed by atoms with Crippen LogP contribution in [0.5, 0.6) is 11.5 Å². The third kappa shape index (κ3) is 4.27. The topological polar surface area (TPSA) is 97.4 Å². The standard InChI is InChI=1S/C22H20O8/c1-13-20(30-22(25)15-9-5-7-11-17(15)27-3)19(23)18(12-28-13)29-21(24)14-8-4-6-10-16(14)26-2/h4-11,18H,12H2,1-3H3. The van der Waals surface area contributed by atoms with Crippen LogP contribution in [-0.4, -0.2) is 44.7 Å². The van der Waals surface area contributed by atoms with Gasteiger partial charge >= 0.3 is 11.9 Å². The van der Waals surface area contributed by atoms with Gasteiger partial charge in [0.05, 0.1) is 14.2 Å². The van der Waals surface area contributed by atoms with Crippen molar-refractivity contribution in [1.29, 1.82) is 0 Å². The summed E-state index contributed by atoms with van der Waals surface area (Å²) in [6, 6.07) is 12.9. The summed E-state index contributed by atoms with van der Waals surface area (Å²) in [6.45, 7) is 1.29. The molecule has 0 saturated carbocycles. The first-order valence-corrected chi connectivity index (χ1v) is 9.03. The maximum Gasteiger partial charge on any atom is 0.347 e. The Balaban J connectivity index is 1.77. The minimum atomic E-state index is -1.27. The van der Waals surface area contributed by atoms with E-state index in [1.807, 2.05) is 0 Å². The summed E-state index contributed by atoms with van der Waals surface area (Å²) in [7, 11) is 2.83. The van der Waals surface area contributed by atoms with Gasteiger partial charge < -0.3 is 23.7 Å². The van der Waals surface area contributed by atoms with Crippen molar-refractivity contribution >= 4 is 17.7 Å². The van der Waals surface area contributed by atoms with Gasteiger partial charge in [0, 0.05) is 0 Å². The smallest absolute Gasteiger partial charge is 0.347 e. The van der Waals surface area contributed by atoms with Crippen LogP contribution in [0.25, 0.3) is 0 Å². The number of methoxy groups -OCH3 is 2. The van der Waals surface area contributed by atoms with Gasteiger partial charge in [0.1, 0.15) is 35.0 Å². The fourth-order valence-electron chi connectivity index (χ4n) is 2.84. The highest BCUT2D eigenvalue weighted by atomic mass is 16.6. The third-order valence-corrected chi connectivity index (χ3v) is 4.39. The molecule has 0 saturated heterocycles. The number of ether oxygens (including phenoxy) is 5. The molecule has 0 aliphatic carbocycles. The fraction of sp³-hybridized carbons (Fsp3) is 0.227. The Bertz CT molecular complexity index is 1010. The van der Waals surface area contributed by atoms with E-state index in [4.69, 9.17) is 23.7 Å². The molecule has 2 aromatic rings. The molecule has 0 aromatic heterocycles. The Morgan fingerprint density at radius 1 is 0.900 bits per heavy atom. The van der Waals surface area contributed by atoms with Gasteiger partial charge in [-0.1, -0.05) is 24.3 Å². The number of carbonyl (C=O) groups is 3. The number of hydrogen-bond acceptors (Lipinski definition) is 8. The molecule has 0 spiro atoms. The minimum absolute atomic E-state index is 0.118. The van der Waals surface area contributed by atoms with E-state index in [1.165, 1.54) is 33.3 Å². The van der Waals surface area contributed by atoms with Crippen molar-refractivity contribution in [3.63, 3.8) is 0 Å². The maximum absolute atomic E-state index is 12.8. The lowest BCUT2D eigenvalue weighted by atomic mass is 10.1. The van der Waals surface area contributed by atoms with Crippen molar-refractivity contribution in [1.82, 2.24) is 0 Å². The average Bonchev–Trinajstić information content (AvgIpc) is 2.78. The SMILES string of the molecule is COc1ccccc1C(=O)OC1=C(C)OCC(OC(=O)c2ccccc2OC)C1=O. The van der Waals surface area contributed by atoms with Gasteiger partial charge in [0.15, 0.2) is 0 Å². The van der Waals surface area contributed by atoms with E-state index < -0.39 is 23.8 Å². The van der Waals surface area contributed by atoms with E-state index in [1.54, 1.807) is 36.4 Å². The minimum Gasteiger partial charge on any atom is -0.496 e. The lowest BCUT2D eigenvalue weighted by molar-refractivity contribution is -0.132. The van der Waals surface area contributed by atoms with Crippen LogP contribution >= 0.6 is 0 Å². The monoisotopic (exact) mass is 412 g/mol. The van der Waals surface area contributed by atoms with Gasteiger partial charge in [-0.05, 0) is 31.2 Å². The lowest BCUT2D eigenvalue weighted by Gasteiger charge is -2.24. The first-order valence-electron chi connectivity index (χ1n) is 9.03. The molecule has 1 atom stereocenters. The maximum atomic E-state index is 12.8. The molecule has 1 unspecified atom stereocenters. The van der Waals surface area contributed by atoms with Gasteiger partial charge in [0.2, 0.25) is 17.6 Å². The summed E-state index contributed by atoms with van der Waals surface area (Å²) < 4.78 is 26.3. The van der Waals surface area contributed by atoms with Gasteiger partial charge in [-0.25, -0.2) is 9.59 Å². The van der Waals surface area contributed by atoms with Gasteiger partial charge in [0.25, 0.3) is 0 Å². The van der Waals surface area contributed by atoms with Crippen LogP contribution in [-0.2, 0) is 19.0 Å². The number of esters is 2. The molecule has 0 N–H and O–H groups in total. The molecular formula is C22H20O8. The Morgan fingerprint density at radius 3 is 2.00 bits per heavy atom. The number of para-hydroxylation sites is 2. The summed E-state index contributed by atoms with van der Waals surface area (Å²) in [5, 5.41) is 0. The second-order valence-corrected chi connectivity index (χ2v) is 6.24. The Kier molecular flexibility index (Phi) is 6.36. The summed E-state index contributed by atoms with van der Waals surface area (Å²) >= 11 is 0. The molecule has 0 radical (unpaired) electrons. The van der Waals surface area contributed by atoms with Gasteiger partial charge in [-0.3, -0.25) is 4.79 Å². The van der Waals surface area contributed by atoms with E-state index in [2.05, 4.69) is 0 Å². The van der Waals surface area contributed by atoms with E-state index in [0.717, 1.165) is 0 Å².